The Morgan fingerprint density at radius 3 is 2.31 bits per heavy atom. The zero-order chi connectivity index (χ0) is 20.3. The van der Waals surface area contributed by atoms with E-state index in [2.05, 4.69) is 10.3 Å². The van der Waals surface area contributed by atoms with Crippen LogP contribution in [0, 0.1) is 0 Å². The molecule has 0 radical (unpaired) electrons. The van der Waals surface area contributed by atoms with Crippen molar-refractivity contribution in [2.75, 3.05) is 11.1 Å². The first kappa shape index (κ1) is 18.9. The van der Waals surface area contributed by atoms with Crippen LogP contribution in [0.25, 0.3) is 22.6 Å². The summed E-state index contributed by atoms with van der Waals surface area (Å²) in [6.07, 6.45) is 0. The largest absolute Gasteiger partial charge is 0.436 e. The first-order valence-corrected chi connectivity index (χ1v) is 10.8. The van der Waals surface area contributed by atoms with Gasteiger partial charge in [-0.2, -0.15) is 0 Å². The third-order valence-electron chi connectivity index (χ3n) is 4.29. The molecule has 0 spiro atoms. The summed E-state index contributed by atoms with van der Waals surface area (Å²) >= 11 is 0. The number of nitrogens with zero attached hydrogens (tertiary/aromatic N) is 1. The lowest BCUT2D eigenvalue weighted by atomic mass is 10.2. The number of sulfone groups is 1. The number of hydrogen-bond donors (Lipinski definition) is 1. The number of fused-ring (bicyclic) bond motifs is 1. The predicted molar refractivity (Wildman–Crippen MR) is 112 cm³/mol. The van der Waals surface area contributed by atoms with Crippen LogP contribution < -0.4 is 5.32 Å². The van der Waals surface area contributed by atoms with E-state index in [1.807, 2.05) is 30.3 Å². The van der Waals surface area contributed by atoms with Gasteiger partial charge in [0.15, 0.2) is 15.4 Å². The number of aromatic nitrogens is 1. The van der Waals surface area contributed by atoms with Crippen LogP contribution >= 0.6 is 0 Å². The fourth-order valence-corrected chi connectivity index (χ4v) is 4.24. The van der Waals surface area contributed by atoms with Gasteiger partial charge in [0, 0.05) is 11.3 Å². The molecule has 0 saturated carbocycles. The summed E-state index contributed by atoms with van der Waals surface area (Å²) in [6, 6.07) is 23.2. The molecule has 0 aliphatic heterocycles. The van der Waals surface area contributed by atoms with Crippen molar-refractivity contribution in [2.45, 2.75) is 5.75 Å². The molecule has 6 nitrogen and oxygen atoms in total. The van der Waals surface area contributed by atoms with Gasteiger partial charge in [0.2, 0.25) is 11.8 Å². The molecule has 7 heteroatoms. The average Bonchev–Trinajstić information content (AvgIpc) is 3.12. The van der Waals surface area contributed by atoms with Gasteiger partial charge < -0.3 is 9.73 Å². The van der Waals surface area contributed by atoms with E-state index in [0.29, 0.717) is 22.7 Å². The number of benzene rings is 3. The summed E-state index contributed by atoms with van der Waals surface area (Å²) in [7, 11) is -3.56. The van der Waals surface area contributed by atoms with Crippen molar-refractivity contribution in [1.82, 2.24) is 4.98 Å². The van der Waals surface area contributed by atoms with Crippen molar-refractivity contribution in [3.8, 4) is 11.5 Å². The molecule has 1 heterocycles. The summed E-state index contributed by atoms with van der Waals surface area (Å²) in [4.78, 5) is 16.6. The highest BCUT2D eigenvalue weighted by molar-refractivity contribution is 7.91. The number of para-hydroxylation sites is 2. The monoisotopic (exact) mass is 406 g/mol. The molecule has 0 atom stereocenters. The summed E-state index contributed by atoms with van der Waals surface area (Å²) in [5.41, 5.74) is 3.38. The molecule has 4 rings (SSSR count). The molecule has 146 valence electrons. The molecule has 0 aliphatic rings. The van der Waals surface area contributed by atoms with Gasteiger partial charge in [0.1, 0.15) is 11.3 Å². The van der Waals surface area contributed by atoms with Gasteiger partial charge in [0.25, 0.3) is 0 Å². The van der Waals surface area contributed by atoms with Gasteiger partial charge in [-0.1, -0.05) is 42.5 Å². The van der Waals surface area contributed by atoms with Crippen molar-refractivity contribution in [2.24, 2.45) is 0 Å². The van der Waals surface area contributed by atoms with Crippen LogP contribution in [0.2, 0.25) is 0 Å². The van der Waals surface area contributed by atoms with Gasteiger partial charge in [-0.25, -0.2) is 13.4 Å². The van der Waals surface area contributed by atoms with Crippen LogP contribution in [0.4, 0.5) is 5.69 Å². The Bertz CT molecular complexity index is 1210. The van der Waals surface area contributed by atoms with Crippen LogP contribution in [0.1, 0.15) is 5.56 Å². The highest BCUT2D eigenvalue weighted by atomic mass is 32.2. The number of hydrogen-bond acceptors (Lipinski definition) is 5. The molecule has 4 aromatic rings. The first-order valence-electron chi connectivity index (χ1n) is 8.99. The molecule has 0 saturated heterocycles. The lowest BCUT2D eigenvalue weighted by molar-refractivity contribution is -0.113. The number of amides is 1. The number of anilines is 1. The SMILES string of the molecule is O=C(CS(=O)(=O)Cc1ccccc1)Nc1ccc(-c2nc3ccccc3o2)cc1. The van der Waals surface area contributed by atoms with Crippen LogP contribution in [-0.4, -0.2) is 25.1 Å². The molecule has 1 amide bonds. The molecule has 0 unspecified atom stereocenters. The molecule has 29 heavy (non-hydrogen) atoms. The predicted octanol–water partition coefficient (Wildman–Crippen LogP) is 4.05. The fourth-order valence-electron chi connectivity index (χ4n) is 2.97. The van der Waals surface area contributed by atoms with Crippen molar-refractivity contribution in [1.29, 1.82) is 0 Å². The Kier molecular flexibility index (Phi) is 5.14. The Hall–Kier alpha value is -3.45. The number of nitrogens with one attached hydrogen (secondary N) is 1. The Balaban J connectivity index is 1.41. The first-order chi connectivity index (χ1) is 14.0. The van der Waals surface area contributed by atoms with Crippen LogP contribution in [0.5, 0.6) is 0 Å². The van der Waals surface area contributed by atoms with E-state index in [-0.39, 0.29) is 5.75 Å². The number of oxazole rings is 1. The second-order valence-electron chi connectivity index (χ2n) is 6.63. The third-order valence-corrected chi connectivity index (χ3v) is 5.77. The molecular weight excluding hydrogens is 388 g/mol. The van der Waals surface area contributed by atoms with E-state index in [4.69, 9.17) is 4.42 Å². The Labute approximate surface area is 168 Å². The summed E-state index contributed by atoms with van der Waals surface area (Å²) in [5, 5.41) is 2.62. The maximum absolute atomic E-state index is 12.2. The zero-order valence-electron chi connectivity index (χ0n) is 15.4. The molecule has 0 fully saturated rings. The van der Waals surface area contributed by atoms with Crippen LogP contribution in [0.15, 0.2) is 83.3 Å². The summed E-state index contributed by atoms with van der Waals surface area (Å²) < 4.78 is 30.2. The van der Waals surface area contributed by atoms with E-state index < -0.39 is 21.5 Å². The quantitative estimate of drug-likeness (QED) is 0.522. The topological polar surface area (TPSA) is 89.3 Å². The number of carbonyl (C=O) groups excluding carboxylic acids is 1. The second kappa shape index (κ2) is 7.89. The molecule has 3 aromatic carbocycles. The normalized spacial score (nSPS) is 11.4. The van der Waals surface area contributed by atoms with Crippen molar-refractivity contribution >= 4 is 32.5 Å². The smallest absolute Gasteiger partial charge is 0.239 e. The Morgan fingerprint density at radius 1 is 0.897 bits per heavy atom. The van der Waals surface area contributed by atoms with E-state index in [9.17, 15) is 13.2 Å². The maximum atomic E-state index is 12.2. The molecule has 1 aromatic heterocycles. The fraction of sp³-hybridized carbons (Fsp3) is 0.0909. The molecule has 0 aliphatic carbocycles. The summed E-state index contributed by atoms with van der Waals surface area (Å²) in [5.74, 6) is -0.836. The maximum Gasteiger partial charge on any atom is 0.239 e. The summed E-state index contributed by atoms with van der Waals surface area (Å²) in [6.45, 7) is 0. The van der Waals surface area contributed by atoms with Gasteiger partial charge in [-0.3, -0.25) is 4.79 Å². The van der Waals surface area contributed by atoms with Crippen molar-refractivity contribution in [3.63, 3.8) is 0 Å². The van der Waals surface area contributed by atoms with Crippen molar-refractivity contribution in [3.05, 3.63) is 84.4 Å². The standard InChI is InChI=1S/C22H18N2O4S/c25-21(15-29(26,27)14-16-6-2-1-3-7-16)23-18-12-10-17(11-13-18)22-24-19-8-4-5-9-20(19)28-22/h1-13H,14-15H2,(H,23,25). The minimum Gasteiger partial charge on any atom is -0.436 e. The minimum absolute atomic E-state index is 0.169. The van der Waals surface area contributed by atoms with Crippen molar-refractivity contribution < 1.29 is 17.6 Å². The van der Waals surface area contributed by atoms with Crippen LogP contribution in [-0.2, 0) is 20.4 Å². The lowest BCUT2D eigenvalue weighted by Crippen LogP contribution is -2.23. The van der Waals surface area contributed by atoms with E-state index in [1.165, 1.54) is 0 Å². The molecular formula is C22H18N2O4S. The van der Waals surface area contributed by atoms with Gasteiger partial charge in [-0.05, 0) is 42.0 Å². The highest BCUT2D eigenvalue weighted by Gasteiger charge is 2.17. The Morgan fingerprint density at radius 2 is 1.59 bits per heavy atom. The molecule has 0 bridgehead atoms. The van der Waals surface area contributed by atoms with Gasteiger partial charge >= 0.3 is 0 Å². The second-order valence-corrected chi connectivity index (χ2v) is 8.69. The van der Waals surface area contributed by atoms with E-state index in [0.717, 1.165) is 11.1 Å². The van der Waals surface area contributed by atoms with E-state index >= 15 is 0 Å². The zero-order valence-corrected chi connectivity index (χ0v) is 16.2. The van der Waals surface area contributed by atoms with Crippen LogP contribution in [0.3, 0.4) is 0 Å². The van der Waals surface area contributed by atoms with Gasteiger partial charge in [-0.15, -0.1) is 0 Å². The number of carbonyl (C=O) groups is 1. The molecule has 1 N–H and O–H groups in total. The van der Waals surface area contributed by atoms with E-state index in [1.54, 1.807) is 48.5 Å². The highest BCUT2D eigenvalue weighted by Crippen LogP contribution is 2.25. The van der Waals surface area contributed by atoms with Gasteiger partial charge in [0.05, 0.1) is 5.75 Å². The third kappa shape index (κ3) is 4.70. The minimum atomic E-state index is -3.56. The average molecular weight is 406 g/mol. The lowest BCUT2D eigenvalue weighted by Gasteiger charge is -2.07. The number of rotatable bonds is 6.